The molecular weight excluding hydrogens is 296 g/mol. The van der Waals surface area contributed by atoms with Crippen LogP contribution >= 0.6 is 11.3 Å². The van der Waals surface area contributed by atoms with Crippen LogP contribution in [-0.4, -0.2) is 32.1 Å². The average Bonchev–Trinajstić information content (AvgIpc) is 3.12. The summed E-state index contributed by atoms with van der Waals surface area (Å²) in [6.45, 7) is 7.46. The average molecular weight is 318 g/mol. The topological polar surface area (TPSA) is 51.0 Å². The molecule has 5 nitrogen and oxygen atoms in total. The fourth-order valence-electron chi connectivity index (χ4n) is 3.06. The van der Waals surface area contributed by atoms with Crippen LogP contribution in [0.4, 0.5) is 0 Å². The van der Waals surface area contributed by atoms with Crippen molar-refractivity contribution in [1.29, 1.82) is 0 Å². The zero-order chi connectivity index (χ0) is 15.7. The summed E-state index contributed by atoms with van der Waals surface area (Å²) < 4.78 is 1.80. The molecule has 1 aliphatic heterocycles. The van der Waals surface area contributed by atoms with Crippen LogP contribution in [-0.2, 0) is 6.54 Å². The maximum absolute atomic E-state index is 13.0. The van der Waals surface area contributed by atoms with E-state index in [4.69, 9.17) is 0 Å². The molecule has 2 aromatic rings. The third kappa shape index (κ3) is 2.79. The lowest BCUT2D eigenvalue weighted by atomic mass is 10.0. The first-order chi connectivity index (χ1) is 10.6. The van der Waals surface area contributed by atoms with Gasteiger partial charge in [-0.1, -0.05) is 0 Å². The van der Waals surface area contributed by atoms with E-state index in [1.54, 1.807) is 16.0 Å². The molecule has 6 heteroatoms. The van der Waals surface area contributed by atoms with Crippen molar-refractivity contribution in [2.75, 3.05) is 6.54 Å². The molecule has 1 atom stereocenters. The maximum Gasteiger partial charge on any atom is 0.272 e. The van der Waals surface area contributed by atoms with Gasteiger partial charge in [-0.2, -0.15) is 5.10 Å². The molecule has 3 rings (SSSR count). The second-order valence-electron chi connectivity index (χ2n) is 5.82. The Hall–Kier alpha value is -1.69. The lowest BCUT2D eigenvalue weighted by molar-refractivity contribution is 0.0598. The van der Waals surface area contributed by atoms with E-state index in [2.05, 4.69) is 15.5 Å². The summed E-state index contributed by atoms with van der Waals surface area (Å²) in [6, 6.07) is 2.00. The Morgan fingerprint density at radius 2 is 2.18 bits per heavy atom. The van der Waals surface area contributed by atoms with Crippen LogP contribution in [0.5, 0.6) is 0 Å². The smallest absolute Gasteiger partial charge is 0.272 e. The van der Waals surface area contributed by atoms with Crippen molar-refractivity contribution >= 4 is 17.2 Å². The Morgan fingerprint density at radius 1 is 1.36 bits per heavy atom. The molecule has 2 aromatic heterocycles. The van der Waals surface area contributed by atoms with Gasteiger partial charge >= 0.3 is 0 Å². The number of hydrogen-bond donors (Lipinski definition) is 0. The molecule has 1 aliphatic rings. The number of amides is 1. The molecule has 1 fully saturated rings. The summed E-state index contributed by atoms with van der Waals surface area (Å²) in [6.07, 6.45) is 3.21. The highest BCUT2D eigenvalue weighted by atomic mass is 32.1. The minimum absolute atomic E-state index is 0.0833. The van der Waals surface area contributed by atoms with Crippen molar-refractivity contribution < 1.29 is 4.79 Å². The van der Waals surface area contributed by atoms with Gasteiger partial charge in [0.15, 0.2) is 0 Å². The highest BCUT2D eigenvalue weighted by Gasteiger charge is 2.32. The lowest BCUT2D eigenvalue weighted by Gasteiger charge is -2.34. The predicted molar refractivity (Wildman–Crippen MR) is 87.1 cm³/mol. The van der Waals surface area contributed by atoms with Crippen molar-refractivity contribution in [1.82, 2.24) is 19.7 Å². The van der Waals surface area contributed by atoms with E-state index in [0.717, 1.165) is 42.2 Å². The quantitative estimate of drug-likeness (QED) is 0.872. The molecule has 3 heterocycles. The number of piperidine rings is 1. The number of nitrogens with zero attached hydrogens (tertiary/aromatic N) is 4. The van der Waals surface area contributed by atoms with E-state index in [-0.39, 0.29) is 11.9 Å². The normalized spacial score (nSPS) is 18.7. The summed E-state index contributed by atoms with van der Waals surface area (Å²) in [5, 5.41) is 7.53. The fourth-order valence-corrected chi connectivity index (χ4v) is 4.01. The highest BCUT2D eigenvalue weighted by Crippen LogP contribution is 2.33. The first-order valence-corrected chi connectivity index (χ1v) is 8.75. The highest BCUT2D eigenvalue weighted by molar-refractivity contribution is 7.09. The molecule has 1 amide bonds. The largest absolute Gasteiger partial charge is 0.328 e. The van der Waals surface area contributed by atoms with E-state index in [9.17, 15) is 4.79 Å². The van der Waals surface area contributed by atoms with E-state index in [0.29, 0.717) is 12.2 Å². The standard InChI is InChI=1S/C16H22N4OS/c1-4-20-14(9-11(2)18-20)16(21)19-8-6-5-7-13(19)15-17-12(3)10-22-15/h9-10,13H,4-8H2,1-3H3/t13-/m0/s1. The Morgan fingerprint density at radius 3 is 2.86 bits per heavy atom. The second kappa shape index (κ2) is 6.20. The first-order valence-electron chi connectivity index (χ1n) is 7.87. The van der Waals surface area contributed by atoms with E-state index in [1.165, 1.54) is 0 Å². The first kappa shape index (κ1) is 15.2. The van der Waals surface area contributed by atoms with Gasteiger partial charge in [0.2, 0.25) is 0 Å². The Kier molecular flexibility index (Phi) is 4.29. The molecule has 118 valence electrons. The molecule has 0 saturated carbocycles. The number of likely N-dealkylation sites (tertiary alicyclic amines) is 1. The van der Waals surface area contributed by atoms with Crippen molar-refractivity contribution in [3.8, 4) is 0 Å². The van der Waals surface area contributed by atoms with Crippen LogP contribution in [0.15, 0.2) is 11.4 Å². The van der Waals surface area contributed by atoms with Crippen LogP contribution in [0.1, 0.15) is 59.1 Å². The van der Waals surface area contributed by atoms with Gasteiger partial charge in [0.25, 0.3) is 5.91 Å². The third-order valence-electron chi connectivity index (χ3n) is 4.11. The molecule has 0 aromatic carbocycles. The molecule has 0 unspecified atom stereocenters. The van der Waals surface area contributed by atoms with E-state index in [1.807, 2.05) is 31.7 Å². The van der Waals surface area contributed by atoms with Gasteiger partial charge in [-0.3, -0.25) is 9.48 Å². The number of carbonyl (C=O) groups excluding carboxylic acids is 1. The molecule has 0 N–H and O–H groups in total. The van der Waals surface area contributed by atoms with E-state index < -0.39 is 0 Å². The number of aromatic nitrogens is 3. The van der Waals surface area contributed by atoms with Crippen LogP contribution in [0.25, 0.3) is 0 Å². The molecule has 1 saturated heterocycles. The zero-order valence-corrected chi connectivity index (χ0v) is 14.2. The van der Waals surface area contributed by atoms with Gasteiger partial charge in [0, 0.05) is 24.2 Å². The summed E-state index contributed by atoms with van der Waals surface area (Å²) in [5.41, 5.74) is 2.62. The Labute approximate surface area is 135 Å². The summed E-state index contributed by atoms with van der Waals surface area (Å²) >= 11 is 1.66. The third-order valence-corrected chi connectivity index (χ3v) is 5.17. The van der Waals surface area contributed by atoms with Crippen molar-refractivity contribution in [2.24, 2.45) is 0 Å². The van der Waals surface area contributed by atoms with Gasteiger partial charge in [-0.25, -0.2) is 4.98 Å². The SMILES string of the molecule is CCn1nc(C)cc1C(=O)N1CCCC[C@H]1c1nc(C)cs1. The molecule has 0 radical (unpaired) electrons. The molecular formula is C16H22N4OS. The number of thiazole rings is 1. The minimum Gasteiger partial charge on any atom is -0.328 e. The zero-order valence-electron chi connectivity index (χ0n) is 13.4. The van der Waals surface area contributed by atoms with Crippen molar-refractivity contribution in [3.05, 3.63) is 33.5 Å². The lowest BCUT2D eigenvalue weighted by Crippen LogP contribution is -2.39. The van der Waals surface area contributed by atoms with Gasteiger partial charge in [-0.05, 0) is 46.1 Å². The molecule has 0 spiro atoms. The van der Waals surface area contributed by atoms with Gasteiger partial charge in [0.05, 0.1) is 11.7 Å². The summed E-state index contributed by atoms with van der Waals surface area (Å²) in [7, 11) is 0. The van der Waals surface area contributed by atoms with E-state index >= 15 is 0 Å². The van der Waals surface area contributed by atoms with Crippen LogP contribution in [0.2, 0.25) is 0 Å². The maximum atomic E-state index is 13.0. The predicted octanol–water partition coefficient (Wildman–Crippen LogP) is 3.34. The van der Waals surface area contributed by atoms with Gasteiger partial charge < -0.3 is 4.90 Å². The van der Waals surface area contributed by atoms with Crippen LogP contribution < -0.4 is 0 Å². The molecule has 22 heavy (non-hydrogen) atoms. The van der Waals surface area contributed by atoms with Gasteiger partial charge in [0.1, 0.15) is 10.7 Å². The number of carbonyl (C=O) groups is 1. The fraction of sp³-hybridized carbons (Fsp3) is 0.562. The van der Waals surface area contributed by atoms with Gasteiger partial charge in [-0.15, -0.1) is 11.3 Å². The monoisotopic (exact) mass is 318 g/mol. The molecule has 0 bridgehead atoms. The van der Waals surface area contributed by atoms with Crippen molar-refractivity contribution in [2.45, 2.75) is 52.6 Å². The van der Waals surface area contributed by atoms with Crippen molar-refractivity contribution in [3.63, 3.8) is 0 Å². The van der Waals surface area contributed by atoms with Crippen LogP contribution in [0, 0.1) is 13.8 Å². The number of hydrogen-bond acceptors (Lipinski definition) is 4. The number of aryl methyl sites for hydroxylation is 3. The Balaban J connectivity index is 1.91. The minimum atomic E-state index is 0.0833. The second-order valence-corrected chi connectivity index (χ2v) is 6.71. The van der Waals surface area contributed by atoms with Crippen LogP contribution in [0.3, 0.4) is 0 Å². The Bertz CT molecular complexity index is 675. The summed E-state index contributed by atoms with van der Waals surface area (Å²) in [5.74, 6) is 0.0833. The summed E-state index contributed by atoms with van der Waals surface area (Å²) in [4.78, 5) is 19.6. The number of rotatable bonds is 3. The molecule has 0 aliphatic carbocycles.